The zero-order valence-electron chi connectivity index (χ0n) is 5.65. The van der Waals surface area contributed by atoms with Crippen LogP contribution < -0.4 is 0 Å². The van der Waals surface area contributed by atoms with Crippen molar-refractivity contribution in [3.63, 3.8) is 0 Å². The predicted octanol–water partition coefficient (Wildman–Crippen LogP) is 1.85. The standard InChI is InChI=1S/C8H5NOS/c9-5-7(6-10)4-8-2-1-3-11-8/h1-4,6H. The van der Waals surface area contributed by atoms with Crippen molar-refractivity contribution in [2.75, 3.05) is 0 Å². The van der Waals surface area contributed by atoms with E-state index in [2.05, 4.69) is 0 Å². The molecule has 0 aliphatic carbocycles. The maximum Gasteiger partial charge on any atom is 0.160 e. The lowest BCUT2D eigenvalue weighted by Crippen LogP contribution is -1.76. The van der Waals surface area contributed by atoms with Gasteiger partial charge in [0.2, 0.25) is 0 Å². The Hall–Kier alpha value is -1.40. The number of allylic oxidation sites excluding steroid dienone is 1. The second kappa shape index (κ2) is 3.69. The molecule has 0 aliphatic rings. The smallest absolute Gasteiger partial charge is 0.160 e. The maximum absolute atomic E-state index is 10.2. The molecule has 0 unspecified atom stereocenters. The molecular weight excluding hydrogens is 158 g/mol. The Balaban J connectivity index is 2.90. The Kier molecular flexibility index (Phi) is 2.59. The van der Waals surface area contributed by atoms with Crippen molar-refractivity contribution in [3.8, 4) is 6.07 Å². The molecule has 0 atom stereocenters. The van der Waals surface area contributed by atoms with Crippen molar-refractivity contribution in [2.24, 2.45) is 0 Å². The van der Waals surface area contributed by atoms with E-state index in [-0.39, 0.29) is 5.57 Å². The van der Waals surface area contributed by atoms with Gasteiger partial charge in [-0.25, -0.2) is 0 Å². The van der Waals surface area contributed by atoms with Gasteiger partial charge in [-0.1, -0.05) is 6.07 Å². The lowest BCUT2D eigenvalue weighted by atomic mass is 10.3. The molecule has 11 heavy (non-hydrogen) atoms. The first kappa shape index (κ1) is 7.70. The summed E-state index contributed by atoms with van der Waals surface area (Å²) in [7, 11) is 0. The minimum Gasteiger partial charge on any atom is -0.297 e. The average molecular weight is 163 g/mol. The van der Waals surface area contributed by atoms with Crippen molar-refractivity contribution in [1.82, 2.24) is 0 Å². The summed E-state index contributed by atoms with van der Waals surface area (Å²) in [5.41, 5.74) is 0.160. The number of carbonyl (C=O) groups is 1. The van der Waals surface area contributed by atoms with Crippen molar-refractivity contribution in [1.29, 1.82) is 5.26 Å². The monoisotopic (exact) mass is 163 g/mol. The van der Waals surface area contributed by atoms with Gasteiger partial charge in [0.05, 0.1) is 5.57 Å². The molecule has 1 rings (SSSR count). The van der Waals surface area contributed by atoms with Crippen molar-refractivity contribution in [3.05, 3.63) is 28.0 Å². The van der Waals surface area contributed by atoms with E-state index >= 15 is 0 Å². The minimum absolute atomic E-state index is 0.160. The van der Waals surface area contributed by atoms with Crippen LogP contribution in [-0.4, -0.2) is 6.29 Å². The van der Waals surface area contributed by atoms with Crippen LogP contribution in [0, 0.1) is 11.3 Å². The number of carbonyl (C=O) groups excluding carboxylic acids is 1. The maximum atomic E-state index is 10.2. The predicted molar refractivity (Wildman–Crippen MR) is 44.0 cm³/mol. The van der Waals surface area contributed by atoms with E-state index in [1.165, 1.54) is 11.3 Å². The summed E-state index contributed by atoms with van der Waals surface area (Å²) in [5.74, 6) is 0. The van der Waals surface area contributed by atoms with Crippen LogP contribution in [0.4, 0.5) is 0 Å². The van der Waals surface area contributed by atoms with Crippen LogP contribution >= 0.6 is 11.3 Å². The highest BCUT2D eigenvalue weighted by atomic mass is 32.1. The summed E-state index contributed by atoms with van der Waals surface area (Å²) in [6.07, 6.45) is 2.12. The van der Waals surface area contributed by atoms with Crippen LogP contribution in [-0.2, 0) is 4.79 Å². The Morgan fingerprint density at radius 3 is 3.00 bits per heavy atom. The van der Waals surface area contributed by atoms with Crippen LogP contribution in [0.2, 0.25) is 0 Å². The number of aldehydes is 1. The molecule has 2 nitrogen and oxygen atoms in total. The molecule has 0 aromatic carbocycles. The topological polar surface area (TPSA) is 40.9 Å². The highest BCUT2D eigenvalue weighted by molar-refractivity contribution is 7.10. The van der Waals surface area contributed by atoms with Gasteiger partial charge in [0.15, 0.2) is 6.29 Å². The van der Waals surface area contributed by atoms with Crippen LogP contribution in [0.25, 0.3) is 6.08 Å². The zero-order valence-corrected chi connectivity index (χ0v) is 6.47. The first-order valence-electron chi connectivity index (χ1n) is 2.97. The van der Waals surface area contributed by atoms with Gasteiger partial charge in [-0.15, -0.1) is 11.3 Å². The third-order valence-corrected chi connectivity index (χ3v) is 1.92. The lowest BCUT2D eigenvalue weighted by molar-refractivity contribution is -0.104. The molecule has 0 bridgehead atoms. The molecule has 0 N–H and O–H groups in total. The normalized spacial score (nSPS) is 10.6. The summed E-state index contributed by atoms with van der Waals surface area (Å²) in [5, 5.41) is 10.3. The number of nitrogens with zero attached hydrogens (tertiary/aromatic N) is 1. The van der Waals surface area contributed by atoms with E-state index in [0.717, 1.165) is 4.88 Å². The molecule has 0 aliphatic heterocycles. The van der Waals surface area contributed by atoms with Gasteiger partial charge in [0, 0.05) is 4.88 Å². The van der Waals surface area contributed by atoms with Crippen molar-refractivity contribution < 1.29 is 4.79 Å². The lowest BCUT2D eigenvalue weighted by Gasteiger charge is -1.81. The minimum atomic E-state index is 0.160. The van der Waals surface area contributed by atoms with Crippen LogP contribution in [0.5, 0.6) is 0 Å². The van der Waals surface area contributed by atoms with Crippen LogP contribution in [0.1, 0.15) is 4.88 Å². The molecule has 0 radical (unpaired) electrons. The van der Waals surface area contributed by atoms with Gasteiger partial charge >= 0.3 is 0 Å². The van der Waals surface area contributed by atoms with Gasteiger partial charge in [-0.3, -0.25) is 4.79 Å². The molecule has 0 amide bonds. The summed E-state index contributed by atoms with van der Waals surface area (Å²) >= 11 is 1.50. The zero-order chi connectivity index (χ0) is 8.10. The SMILES string of the molecule is N#CC(C=O)=Cc1cccs1. The van der Waals surface area contributed by atoms with Gasteiger partial charge in [0.1, 0.15) is 6.07 Å². The number of hydrogen-bond acceptors (Lipinski definition) is 3. The Bertz CT molecular complexity index is 305. The Morgan fingerprint density at radius 2 is 2.55 bits per heavy atom. The van der Waals surface area contributed by atoms with E-state index < -0.39 is 0 Å². The number of nitriles is 1. The molecule has 1 aromatic heterocycles. The fraction of sp³-hybridized carbons (Fsp3) is 0. The summed E-state index contributed by atoms with van der Waals surface area (Å²) in [6.45, 7) is 0. The fourth-order valence-electron chi connectivity index (χ4n) is 0.619. The summed E-state index contributed by atoms with van der Waals surface area (Å²) in [4.78, 5) is 11.1. The highest BCUT2D eigenvalue weighted by Crippen LogP contribution is 2.11. The molecule has 1 aromatic rings. The Morgan fingerprint density at radius 1 is 1.73 bits per heavy atom. The molecular formula is C8H5NOS. The molecule has 3 heteroatoms. The fourth-order valence-corrected chi connectivity index (χ4v) is 1.29. The van der Waals surface area contributed by atoms with E-state index in [4.69, 9.17) is 5.26 Å². The van der Waals surface area contributed by atoms with Crippen molar-refractivity contribution >= 4 is 23.7 Å². The Labute approximate surface area is 68.4 Å². The molecule has 0 saturated carbocycles. The number of hydrogen-bond donors (Lipinski definition) is 0. The first-order valence-corrected chi connectivity index (χ1v) is 3.85. The van der Waals surface area contributed by atoms with Crippen LogP contribution in [0.15, 0.2) is 23.1 Å². The van der Waals surface area contributed by atoms with Gasteiger partial charge in [-0.05, 0) is 17.5 Å². The van der Waals surface area contributed by atoms with Crippen LogP contribution in [0.3, 0.4) is 0 Å². The second-order valence-corrected chi connectivity index (χ2v) is 2.82. The quantitative estimate of drug-likeness (QED) is 0.379. The molecule has 0 spiro atoms. The second-order valence-electron chi connectivity index (χ2n) is 1.84. The van der Waals surface area contributed by atoms with E-state index in [9.17, 15) is 4.79 Å². The first-order chi connectivity index (χ1) is 5.36. The van der Waals surface area contributed by atoms with Crippen molar-refractivity contribution in [2.45, 2.75) is 0 Å². The van der Waals surface area contributed by atoms with Gasteiger partial charge < -0.3 is 0 Å². The summed E-state index contributed by atoms with van der Waals surface area (Å²) < 4.78 is 0. The van der Waals surface area contributed by atoms with E-state index in [1.807, 2.05) is 17.5 Å². The largest absolute Gasteiger partial charge is 0.297 e. The third-order valence-electron chi connectivity index (χ3n) is 1.10. The summed E-state index contributed by atoms with van der Waals surface area (Å²) in [6, 6.07) is 5.51. The molecule has 0 saturated heterocycles. The van der Waals surface area contributed by atoms with E-state index in [1.54, 1.807) is 12.1 Å². The molecule has 0 fully saturated rings. The van der Waals surface area contributed by atoms with E-state index in [0.29, 0.717) is 6.29 Å². The molecule has 54 valence electrons. The third kappa shape index (κ3) is 2.03. The highest BCUT2D eigenvalue weighted by Gasteiger charge is 1.92. The number of thiophene rings is 1. The van der Waals surface area contributed by atoms with Gasteiger partial charge in [-0.2, -0.15) is 5.26 Å². The number of rotatable bonds is 2. The van der Waals surface area contributed by atoms with Gasteiger partial charge in [0.25, 0.3) is 0 Å². The average Bonchev–Trinajstić information content (AvgIpc) is 2.52. The molecule has 1 heterocycles.